The van der Waals surface area contributed by atoms with Crippen molar-refractivity contribution in [2.75, 3.05) is 12.4 Å². The van der Waals surface area contributed by atoms with Crippen molar-refractivity contribution in [1.82, 2.24) is 10.3 Å². The van der Waals surface area contributed by atoms with Gasteiger partial charge >= 0.3 is 0 Å². The molecule has 0 aromatic carbocycles. The molecule has 1 saturated carbocycles. The van der Waals surface area contributed by atoms with Gasteiger partial charge in [-0.2, -0.15) is 0 Å². The predicted octanol–water partition coefficient (Wildman–Crippen LogP) is 2.97. The Balaban J connectivity index is 1.99. The molecular formula is C15H23N3O. The number of anilines is 1. The molecule has 1 aliphatic carbocycles. The number of hydrogen-bond donors (Lipinski definition) is 2. The molecule has 1 aromatic heterocycles. The second kappa shape index (κ2) is 7.12. The van der Waals surface area contributed by atoms with Crippen LogP contribution in [0.2, 0.25) is 0 Å². The number of amides is 1. The number of hydrogen-bond acceptors (Lipinski definition) is 3. The average Bonchev–Trinajstić information content (AvgIpc) is 2.41. The summed E-state index contributed by atoms with van der Waals surface area (Å²) in [5.41, 5.74) is 0.632. The molecule has 1 fully saturated rings. The summed E-state index contributed by atoms with van der Waals surface area (Å²) in [7, 11) is 1.79. The largest absolute Gasteiger partial charge is 0.372 e. The Kier molecular flexibility index (Phi) is 5.19. The molecule has 0 spiro atoms. The van der Waals surface area contributed by atoms with Crippen molar-refractivity contribution in [3.8, 4) is 0 Å². The summed E-state index contributed by atoms with van der Waals surface area (Å²) in [5, 5.41) is 6.12. The van der Waals surface area contributed by atoms with Gasteiger partial charge in [-0.15, -0.1) is 0 Å². The van der Waals surface area contributed by atoms with Crippen molar-refractivity contribution in [3.63, 3.8) is 0 Å². The van der Waals surface area contributed by atoms with Crippen LogP contribution in [-0.2, 0) is 0 Å². The van der Waals surface area contributed by atoms with Gasteiger partial charge in [-0.05, 0) is 25.0 Å². The van der Waals surface area contributed by atoms with Gasteiger partial charge in [0, 0.05) is 19.3 Å². The van der Waals surface area contributed by atoms with E-state index in [0.29, 0.717) is 17.4 Å². The number of carbonyl (C=O) groups is 1. The van der Waals surface area contributed by atoms with Crippen LogP contribution in [-0.4, -0.2) is 24.0 Å². The normalized spacial score (nSPS) is 17.3. The number of pyridine rings is 1. The van der Waals surface area contributed by atoms with Gasteiger partial charge in [-0.25, -0.2) is 4.98 Å². The molecule has 0 radical (unpaired) electrons. The first kappa shape index (κ1) is 13.8. The number of carbonyl (C=O) groups excluding carboxylic acids is 1. The first-order valence-corrected chi connectivity index (χ1v) is 7.25. The number of rotatable bonds is 3. The third-order valence-corrected chi connectivity index (χ3v) is 3.73. The van der Waals surface area contributed by atoms with Crippen LogP contribution < -0.4 is 10.6 Å². The molecule has 2 rings (SSSR count). The van der Waals surface area contributed by atoms with Crippen molar-refractivity contribution in [2.24, 2.45) is 0 Å². The van der Waals surface area contributed by atoms with E-state index < -0.39 is 0 Å². The molecule has 0 atom stereocenters. The van der Waals surface area contributed by atoms with E-state index in [1.807, 2.05) is 6.07 Å². The fourth-order valence-electron chi connectivity index (χ4n) is 2.65. The summed E-state index contributed by atoms with van der Waals surface area (Å²) >= 11 is 0. The van der Waals surface area contributed by atoms with E-state index in [9.17, 15) is 4.79 Å². The summed E-state index contributed by atoms with van der Waals surface area (Å²) in [6.07, 6.45) is 10.3. The molecule has 1 amide bonds. The molecule has 0 saturated heterocycles. The highest BCUT2D eigenvalue weighted by atomic mass is 16.1. The van der Waals surface area contributed by atoms with E-state index in [0.717, 1.165) is 12.8 Å². The van der Waals surface area contributed by atoms with E-state index in [2.05, 4.69) is 15.6 Å². The molecule has 1 heterocycles. The summed E-state index contributed by atoms with van der Waals surface area (Å²) in [6, 6.07) is 3.93. The van der Waals surface area contributed by atoms with Crippen molar-refractivity contribution < 1.29 is 4.79 Å². The SMILES string of the molecule is CNc1ncccc1C(=O)NC1CCCCCCC1. The van der Waals surface area contributed by atoms with Crippen molar-refractivity contribution in [2.45, 2.75) is 51.0 Å². The zero-order valence-corrected chi connectivity index (χ0v) is 11.6. The van der Waals surface area contributed by atoms with Crippen molar-refractivity contribution >= 4 is 11.7 Å². The maximum absolute atomic E-state index is 12.3. The van der Waals surface area contributed by atoms with Crippen LogP contribution in [0.15, 0.2) is 18.3 Å². The van der Waals surface area contributed by atoms with Gasteiger partial charge < -0.3 is 10.6 Å². The highest BCUT2D eigenvalue weighted by Gasteiger charge is 2.17. The van der Waals surface area contributed by atoms with Crippen LogP contribution >= 0.6 is 0 Å². The molecular weight excluding hydrogens is 238 g/mol. The lowest BCUT2D eigenvalue weighted by molar-refractivity contribution is 0.0931. The van der Waals surface area contributed by atoms with Gasteiger partial charge in [-0.1, -0.05) is 32.1 Å². The van der Waals surface area contributed by atoms with Crippen LogP contribution in [0.5, 0.6) is 0 Å². The first-order chi connectivity index (χ1) is 9.31. The quantitative estimate of drug-likeness (QED) is 0.879. The highest BCUT2D eigenvalue weighted by Crippen LogP contribution is 2.18. The minimum Gasteiger partial charge on any atom is -0.372 e. The lowest BCUT2D eigenvalue weighted by atomic mass is 9.96. The Hall–Kier alpha value is -1.58. The lowest BCUT2D eigenvalue weighted by Gasteiger charge is -2.21. The molecule has 0 bridgehead atoms. The number of nitrogens with one attached hydrogen (secondary N) is 2. The van der Waals surface area contributed by atoms with Crippen LogP contribution in [0.1, 0.15) is 55.3 Å². The van der Waals surface area contributed by atoms with Crippen molar-refractivity contribution in [1.29, 1.82) is 0 Å². The second-order valence-electron chi connectivity index (χ2n) is 5.17. The Morgan fingerprint density at radius 2 is 1.89 bits per heavy atom. The predicted molar refractivity (Wildman–Crippen MR) is 77.4 cm³/mol. The van der Waals surface area contributed by atoms with Crippen LogP contribution in [0.4, 0.5) is 5.82 Å². The molecule has 2 N–H and O–H groups in total. The zero-order chi connectivity index (χ0) is 13.5. The first-order valence-electron chi connectivity index (χ1n) is 7.25. The van der Waals surface area contributed by atoms with Gasteiger partial charge in [0.15, 0.2) is 0 Å². The Labute approximate surface area is 115 Å². The van der Waals surface area contributed by atoms with E-state index in [1.165, 1.54) is 32.1 Å². The minimum absolute atomic E-state index is 0.0111. The molecule has 0 unspecified atom stereocenters. The topological polar surface area (TPSA) is 54.0 Å². The molecule has 1 aromatic rings. The molecule has 4 heteroatoms. The van der Waals surface area contributed by atoms with Gasteiger partial charge in [0.2, 0.25) is 0 Å². The summed E-state index contributed by atoms with van der Waals surface area (Å²) < 4.78 is 0. The number of aromatic nitrogens is 1. The van der Waals surface area contributed by atoms with E-state index in [1.54, 1.807) is 19.3 Å². The number of nitrogens with zero attached hydrogens (tertiary/aromatic N) is 1. The molecule has 0 aliphatic heterocycles. The summed E-state index contributed by atoms with van der Waals surface area (Å²) in [6.45, 7) is 0. The molecule has 19 heavy (non-hydrogen) atoms. The van der Waals surface area contributed by atoms with Gasteiger partial charge in [-0.3, -0.25) is 4.79 Å². The fourth-order valence-corrected chi connectivity index (χ4v) is 2.65. The summed E-state index contributed by atoms with van der Waals surface area (Å²) in [5.74, 6) is 0.633. The maximum atomic E-state index is 12.3. The van der Waals surface area contributed by atoms with Gasteiger partial charge in [0.25, 0.3) is 5.91 Å². The van der Waals surface area contributed by atoms with Gasteiger partial charge in [0.05, 0.1) is 5.56 Å². The lowest BCUT2D eigenvalue weighted by Crippen LogP contribution is -2.35. The zero-order valence-electron chi connectivity index (χ0n) is 11.6. The molecule has 4 nitrogen and oxygen atoms in total. The van der Waals surface area contributed by atoms with Crippen LogP contribution in [0.25, 0.3) is 0 Å². The maximum Gasteiger partial charge on any atom is 0.255 e. The minimum atomic E-state index is -0.0111. The molecule has 104 valence electrons. The standard InChI is InChI=1S/C15H23N3O/c1-16-14-13(10-7-11-17-14)15(19)18-12-8-5-3-2-4-6-9-12/h7,10-12H,2-6,8-9H2,1H3,(H,16,17)(H,18,19). The fraction of sp³-hybridized carbons (Fsp3) is 0.600. The Bertz CT molecular complexity index is 412. The van der Waals surface area contributed by atoms with E-state index in [4.69, 9.17) is 0 Å². The van der Waals surface area contributed by atoms with Gasteiger partial charge in [0.1, 0.15) is 5.82 Å². The summed E-state index contributed by atoms with van der Waals surface area (Å²) in [4.78, 5) is 16.5. The van der Waals surface area contributed by atoms with Crippen molar-refractivity contribution in [3.05, 3.63) is 23.9 Å². The molecule has 1 aliphatic rings. The van der Waals surface area contributed by atoms with E-state index in [-0.39, 0.29) is 5.91 Å². The highest BCUT2D eigenvalue weighted by molar-refractivity contribution is 5.98. The smallest absolute Gasteiger partial charge is 0.255 e. The third-order valence-electron chi connectivity index (χ3n) is 3.73. The average molecular weight is 261 g/mol. The Morgan fingerprint density at radius 1 is 1.21 bits per heavy atom. The Morgan fingerprint density at radius 3 is 2.58 bits per heavy atom. The monoisotopic (exact) mass is 261 g/mol. The van der Waals surface area contributed by atoms with Crippen LogP contribution in [0.3, 0.4) is 0 Å². The second-order valence-corrected chi connectivity index (χ2v) is 5.17. The van der Waals surface area contributed by atoms with E-state index >= 15 is 0 Å². The van der Waals surface area contributed by atoms with Crippen LogP contribution in [0, 0.1) is 0 Å². The third kappa shape index (κ3) is 3.94.